The highest BCUT2D eigenvalue weighted by Crippen LogP contribution is 2.21. The van der Waals surface area contributed by atoms with E-state index in [1.165, 1.54) is 11.3 Å². The largest absolute Gasteiger partial charge is 0.350 e. The van der Waals surface area contributed by atoms with Crippen LogP contribution in [0.4, 0.5) is 0 Å². The van der Waals surface area contributed by atoms with Crippen LogP contribution in [0, 0.1) is 5.92 Å². The number of rotatable bonds is 8. The van der Waals surface area contributed by atoms with Gasteiger partial charge in [-0.25, -0.2) is 4.98 Å². The van der Waals surface area contributed by atoms with E-state index in [0.29, 0.717) is 30.9 Å². The fourth-order valence-corrected chi connectivity index (χ4v) is 4.19. The second kappa shape index (κ2) is 10.3. The Morgan fingerprint density at radius 1 is 1.23 bits per heavy atom. The second-order valence-corrected chi connectivity index (χ2v) is 8.78. The van der Waals surface area contributed by atoms with E-state index >= 15 is 0 Å². The van der Waals surface area contributed by atoms with Crippen LogP contribution in [0.25, 0.3) is 0 Å². The van der Waals surface area contributed by atoms with Crippen molar-refractivity contribution in [1.29, 1.82) is 0 Å². The summed E-state index contributed by atoms with van der Waals surface area (Å²) in [6.45, 7) is 4.95. The highest BCUT2D eigenvalue weighted by molar-refractivity contribution is 7.11. The van der Waals surface area contributed by atoms with Crippen molar-refractivity contribution in [3.05, 3.63) is 52.5 Å². The maximum atomic E-state index is 13.3. The summed E-state index contributed by atoms with van der Waals surface area (Å²) in [7, 11) is 0. The maximum Gasteiger partial charge on any atom is 0.280 e. The van der Waals surface area contributed by atoms with Crippen LogP contribution in [0.5, 0.6) is 0 Å². The number of aromatic nitrogens is 1. The monoisotopic (exact) mass is 428 g/mol. The molecule has 1 aromatic heterocycles. The third-order valence-corrected chi connectivity index (χ3v) is 5.86. The van der Waals surface area contributed by atoms with Gasteiger partial charge in [0.25, 0.3) is 5.91 Å². The molecule has 3 amide bonds. The molecule has 2 atom stereocenters. The molecule has 0 radical (unpaired) electrons. The predicted octanol–water partition coefficient (Wildman–Crippen LogP) is 2.60. The van der Waals surface area contributed by atoms with E-state index in [0.717, 1.165) is 12.0 Å². The molecule has 1 aliphatic heterocycles. The van der Waals surface area contributed by atoms with Gasteiger partial charge in [0.1, 0.15) is 12.1 Å². The van der Waals surface area contributed by atoms with Gasteiger partial charge in [0.05, 0.1) is 0 Å². The van der Waals surface area contributed by atoms with Crippen LogP contribution in [0.1, 0.15) is 48.5 Å². The Labute approximate surface area is 180 Å². The zero-order valence-corrected chi connectivity index (χ0v) is 18.2. The van der Waals surface area contributed by atoms with Crippen molar-refractivity contribution < 1.29 is 14.4 Å². The standard InChI is InChI=1S/C22H28N4O3S/c1-15(2)13-17(25-20(28)21-23-10-12-30-21)22(29)26-11-6-9-18(26)19(27)24-14-16-7-4-3-5-8-16/h3-5,7-8,10,12,15,17-18H,6,9,11,13-14H2,1-2H3,(H,24,27)(H,25,28)/t17-,18-/m0/s1. The van der Waals surface area contributed by atoms with Crippen LogP contribution >= 0.6 is 11.3 Å². The lowest BCUT2D eigenvalue weighted by molar-refractivity contribution is -0.140. The van der Waals surface area contributed by atoms with Crippen LogP contribution in [0.2, 0.25) is 0 Å². The van der Waals surface area contributed by atoms with Gasteiger partial charge in [-0.05, 0) is 30.7 Å². The smallest absolute Gasteiger partial charge is 0.280 e. The highest BCUT2D eigenvalue weighted by Gasteiger charge is 2.37. The number of hydrogen-bond acceptors (Lipinski definition) is 5. The molecule has 30 heavy (non-hydrogen) atoms. The third kappa shape index (κ3) is 5.66. The Hall–Kier alpha value is -2.74. The molecule has 2 heterocycles. The van der Waals surface area contributed by atoms with Gasteiger partial charge < -0.3 is 15.5 Å². The quantitative estimate of drug-likeness (QED) is 0.676. The van der Waals surface area contributed by atoms with Crippen molar-refractivity contribution in [3.8, 4) is 0 Å². The predicted molar refractivity (Wildman–Crippen MR) is 116 cm³/mol. The Kier molecular flexibility index (Phi) is 7.57. The number of carbonyl (C=O) groups excluding carboxylic acids is 3. The van der Waals surface area contributed by atoms with Crippen molar-refractivity contribution in [1.82, 2.24) is 20.5 Å². The molecule has 2 aromatic rings. The zero-order valence-electron chi connectivity index (χ0n) is 17.3. The van der Waals surface area contributed by atoms with Gasteiger partial charge in [0.15, 0.2) is 5.01 Å². The lowest BCUT2D eigenvalue weighted by Gasteiger charge is -2.29. The highest BCUT2D eigenvalue weighted by atomic mass is 32.1. The minimum absolute atomic E-state index is 0.153. The molecule has 2 N–H and O–H groups in total. The molecule has 0 bridgehead atoms. The molecular weight excluding hydrogens is 400 g/mol. The van der Waals surface area contributed by atoms with Gasteiger partial charge in [-0.3, -0.25) is 14.4 Å². The minimum atomic E-state index is -0.677. The zero-order chi connectivity index (χ0) is 21.5. The van der Waals surface area contributed by atoms with Gasteiger partial charge in [-0.15, -0.1) is 11.3 Å². The average Bonchev–Trinajstić information content (AvgIpc) is 3.43. The van der Waals surface area contributed by atoms with Gasteiger partial charge >= 0.3 is 0 Å². The summed E-state index contributed by atoms with van der Waals surface area (Å²) in [5, 5.41) is 7.82. The van der Waals surface area contributed by atoms with E-state index in [2.05, 4.69) is 15.6 Å². The Bertz CT molecular complexity index is 855. The third-order valence-electron chi connectivity index (χ3n) is 5.09. The van der Waals surface area contributed by atoms with Gasteiger partial charge in [0, 0.05) is 24.7 Å². The number of amides is 3. The SMILES string of the molecule is CC(C)C[C@H](NC(=O)c1nccs1)C(=O)N1CCC[C@H]1C(=O)NCc1ccccc1. The first kappa shape index (κ1) is 22.0. The Balaban J connectivity index is 1.66. The molecule has 3 rings (SSSR count). The first-order valence-corrected chi connectivity index (χ1v) is 11.2. The number of thiazole rings is 1. The molecule has 1 saturated heterocycles. The van der Waals surface area contributed by atoms with Crippen LogP contribution < -0.4 is 10.6 Å². The van der Waals surface area contributed by atoms with Gasteiger partial charge in [0.2, 0.25) is 11.8 Å². The number of likely N-dealkylation sites (tertiary alicyclic amines) is 1. The fourth-order valence-electron chi connectivity index (χ4n) is 3.65. The van der Waals surface area contributed by atoms with Crippen molar-refractivity contribution >= 4 is 29.1 Å². The number of benzene rings is 1. The number of nitrogens with zero attached hydrogens (tertiary/aromatic N) is 2. The van der Waals surface area contributed by atoms with Crippen molar-refractivity contribution in [3.63, 3.8) is 0 Å². The first-order valence-electron chi connectivity index (χ1n) is 10.3. The summed E-state index contributed by atoms with van der Waals surface area (Å²) in [6.07, 6.45) is 3.46. The number of nitrogens with one attached hydrogen (secondary N) is 2. The van der Waals surface area contributed by atoms with E-state index in [1.807, 2.05) is 44.2 Å². The fraction of sp³-hybridized carbons (Fsp3) is 0.455. The van der Waals surface area contributed by atoms with Crippen LogP contribution in [-0.2, 0) is 16.1 Å². The van der Waals surface area contributed by atoms with Crippen molar-refractivity contribution in [2.45, 2.75) is 51.7 Å². The summed E-state index contributed by atoms with van der Waals surface area (Å²) >= 11 is 1.23. The molecule has 0 spiro atoms. The van der Waals surface area contributed by atoms with Gasteiger partial charge in [-0.2, -0.15) is 0 Å². The summed E-state index contributed by atoms with van der Waals surface area (Å²) in [6, 6.07) is 8.49. The molecule has 1 aromatic carbocycles. The summed E-state index contributed by atoms with van der Waals surface area (Å²) < 4.78 is 0. The Morgan fingerprint density at radius 2 is 2.00 bits per heavy atom. The lowest BCUT2D eigenvalue weighted by atomic mass is 10.0. The van der Waals surface area contributed by atoms with E-state index in [1.54, 1.807) is 16.5 Å². The van der Waals surface area contributed by atoms with Gasteiger partial charge in [-0.1, -0.05) is 44.2 Å². The molecule has 8 heteroatoms. The molecule has 7 nitrogen and oxygen atoms in total. The normalized spacial score (nSPS) is 17.0. The second-order valence-electron chi connectivity index (χ2n) is 7.89. The molecule has 0 aliphatic carbocycles. The van der Waals surface area contributed by atoms with Crippen LogP contribution in [-0.4, -0.2) is 46.2 Å². The van der Waals surface area contributed by atoms with E-state index in [9.17, 15) is 14.4 Å². The maximum absolute atomic E-state index is 13.3. The first-order chi connectivity index (χ1) is 14.5. The topological polar surface area (TPSA) is 91.4 Å². The summed E-state index contributed by atoms with van der Waals surface area (Å²) in [5.41, 5.74) is 1.01. The van der Waals surface area contributed by atoms with Crippen LogP contribution in [0.15, 0.2) is 41.9 Å². The Morgan fingerprint density at radius 3 is 2.67 bits per heavy atom. The van der Waals surface area contributed by atoms with E-state index in [-0.39, 0.29) is 23.6 Å². The molecular formula is C22H28N4O3S. The lowest BCUT2D eigenvalue weighted by Crippen LogP contribution is -2.53. The van der Waals surface area contributed by atoms with Crippen molar-refractivity contribution in [2.24, 2.45) is 5.92 Å². The molecule has 160 valence electrons. The van der Waals surface area contributed by atoms with Crippen LogP contribution in [0.3, 0.4) is 0 Å². The number of hydrogen-bond donors (Lipinski definition) is 2. The van der Waals surface area contributed by atoms with E-state index < -0.39 is 12.1 Å². The summed E-state index contributed by atoms with van der Waals surface area (Å²) in [4.78, 5) is 44.2. The molecule has 0 saturated carbocycles. The molecule has 1 aliphatic rings. The summed E-state index contributed by atoms with van der Waals surface area (Å²) in [5.74, 6) is -0.498. The molecule has 1 fully saturated rings. The van der Waals surface area contributed by atoms with Crippen molar-refractivity contribution in [2.75, 3.05) is 6.54 Å². The van der Waals surface area contributed by atoms with E-state index in [4.69, 9.17) is 0 Å². The minimum Gasteiger partial charge on any atom is -0.350 e. The number of carbonyl (C=O) groups is 3. The average molecular weight is 429 g/mol. The molecule has 0 unspecified atom stereocenters.